The number of amides is 1. The third kappa shape index (κ3) is 6.02. The van der Waals surface area contributed by atoms with Gasteiger partial charge < -0.3 is 4.74 Å². The number of benzene rings is 2. The molecule has 158 valence electrons. The lowest BCUT2D eigenvalue weighted by atomic mass is 10.2. The molecule has 0 spiro atoms. The first-order valence-corrected chi connectivity index (χ1v) is 12.1. The first kappa shape index (κ1) is 22.2. The third-order valence-corrected chi connectivity index (χ3v) is 7.54. The Hall–Kier alpha value is -2.47. The van der Waals surface area contributed by atoms with Crippen molar-refractivity contribution in [2.24, 2.45) is 0 Å². The predicted molar refractivity (Wildman–Crippen MR) is 117 cm³/mol. The summed E-state index contributed by atoms with van der Waals surface area (Å²) in [6.45, 7) is 1.46. The first-order chi connectivity index (χ1) is 14.4. The number of carbonyl (C=O) groups is 1. The fourth-order valence-electron chi connectivity index (χ4n) is 2.36. The minimum absolute atomic E-state index is 0.0402. The van der Waals surface area contributed by atoms with E-state index >= 15 is 0 Å². The van der Waals surface area contributed by atoms with E-state index in [4.69, 9.17) is 4.74 Å². The van der Waals surface area contributed by atoms with Crippen molar-refractivity contribution in [3.63, 3.8) is 0 Å². The zero-order chi connectivity index (χ0) is 21.6. The molecule has 0 saturated heterocycles. The highest BCUT2D eigenvalue weighted by Gasteiger charge is 2.23. The molecule has 30 heavy (non-hydrogen) atoms. The fourth-order valence-corrected chi connectivity index (χ4v) is 5.27. The highest BCUT2D eigenvalue weighted by Crippen LogP contribution is 2.28. The summed E-state index contributed by atoms with van der Waals surface area (Å²) in [6, 6.07) is 14.8. The van der Waals surface area contributed by atoms with Crippen molar-refractivity contribution in [2.45, 2.75) is 28.0 Å². The molecule has 0 unspecified atom stereocenters. The summed E-state index contributed by atoms with van der Waals surface area (Å²) in [5.41, 5.74) is 1.16. The summed E-state index contributed by atoms with van der Waals surface area (Å²) in [5, 5.41) is 10.9. The van der Waals surface area contributed by atoms with Crippen LogP contribution in [-0.2, 0) is 20.6 Å². The number of methoxy groups -OCH3 is 1. The van der Waals surface area contributed by atoms with Crippen LogP contribution in [0.1, 0.15) is 12.5 Å². The van der Waals surface area contributed by atoms with E-state index in [1.807, 2.05) is 30.3 Å². The van der Waals surface area contributed by atoms with E-state index in [0.717, 1.165) is 11.3 Å². The maximum Gasteiger partial charge on any atom is 0.244 e. The molecule has 0 fully saturated rings. The Bertz CT molecular complexity index is 1090. The molecule has 11 heteroatoms. The molecule has 1 atom stereocenters. The lowest BCUT2D eigenvalue weighted by molar-refractivity contribution is -0.117. The van der Waals surface area contributed by atoms with Gasteiger partial charge in [0.1, 0.15) is 5.75 Å². The minimum Gasteiger partial charge on any atom is -0.497 e. The number of ether oxygens (including phenoxy) is 1. The second kappa shape index (κ2) is 10.0. The molecule has 0 aliphatic rings. The van der Waals surface area contributed by atoms with Crippen molar-refractivity contribution < 1.29 is 17.9 Å². The maximum atomic E-state index is 12.5. The third-order valence-electron chi connectivity index (χ3n) is 3.94. The number of hydrogen-bond acceptors (Lipinski definition) is 8. The van der Waals surface area contributed by atoms with Crippen LogP contribution in [0.5, 0.6) is 5.75 Å². The summed E-state index contributed by atoms with van der Waals surface area (Å²) in [4.78, 5) is 12.4. The largest absolute Gasteiger partial charge is 0.497 e. The van der Waals surface area contributed by atoms with Gasteiger partial charge in [0, 0.05) is 5.75 Å². The van der Waals surface area contributed by atoms with Gasteiger partial charge >= 0.3 is 0 Å². The molecule has 0 bridgehead atoms. The number of sulfonamides is 1. The number of nitrogens with zero attached hydrogens (tertiary/aromatic N) is 2. The van der Waals surface area contributed by atoms with E-state index in [1.54, 1.807) is 0 Å². The molecule has 2 N–H and O–H groups in total. The Kier molecular flexibility index (Phi) is 7.43. The van der Waals surface area contributed by atoms with Crippen molar-refractivity contribution in [3.05, 3.63) is 60.2 Å². The van der Waals surface area contributed by atoms with Crippen molar-refractivity contribution in [1.29, 1.82) is 0 Å². The van der Waals surface area contributed by atoms with Crippen LogP contribution < -0.4 is 14.8 Å². The number of thioether (sulfide) groups is 1. The number of anilines is 1. The zero-order valence-electron chi connectivity index (χ0n) is 16.2. The number of rotatable bonds is 9. The van der Waals surface area contributed by atoms with Gasteiger partial charge in [-0.25, -0.2) is 8.42 Å². The van der Waals surface area contributed by atoms with Crippen LogP contribution in [0, 0.1) is 0 Å². The van der Waals surface area contributed by atoms with E-state index < -0.39 is 22.0 Å². The maximum absolute atomic E-state index is 12.5. The van der Waals surface area contributed by atoms with Crippen LogP contribution in [0.15, 0.2) is 63.8 Å². The predicted octanol–water partition coefficient (Wildman–Crippen LogP) is 3.14. The van der Waals surface area contributed by atoms with Gasteiger partial charge in [-0.1, -0.05) is 53.4 Å². The van der Waals surface area contributed by atoms with Gasteiger partial charge in [-0.05, 0) is 36.8 Å². The second-order valence-corrected chi connectivity index (χ2v) is 10.1. The molecule has 2 aromatic carbocycles. The summed E-state index contributed by atoms with van der Waals surface area (Å²) >= 11 is 2.75. The normalized spacial score (nSPS) is 12.3. The SMILES string of the molecule is COc1ccc(S(=O)(=O)N[C@@H](C)C(=O)Nc2nnc(SCc3ccccc3)s2)cc1. The zero-order valence-corrected chi connectivity index (χ0v) is 18.7. The van der Waals surface area contributed by atoms with Gasteiger partial charge in [0.15, 0.2) is 4.34 Å². The van der Waals surface area contributed by atoms with Crippen LogP contribution in [-0.4, -0.2) is 37.7 Å². The number of carbonyl (C=O) groups excluding carboxylic acids is 1. The van der Waals surface area contributed by atoms with Gasteiger partial charge in [0.25, 0.3) is 0 Å². The van der Waals surface area contributed by atoms with Crippen molar-refractivity contribution in [2.75, 3.05) is 12.4 Å². The van der Waals surface area contributed by atoms with Gasteiger partial charge in [-0.3, -0.25) is 10.1 Å². The van der Waals surface area contributed by atoms with Crippen LogP contribution in [0.3, 0.4) is 0 Å². The van der Waals surface area contributed by atoms with Crippen LogP contribution in [0.25, 0.3) is 0 Å². The monoisotopic (exact) mass is 464 g/mol. The smallest absolute Gasteiger partial charge is 0.244 e. The summed E-state index contributed by atoms with van der Waals surface area (Å²) < 4.78 is 33.0. The quantitative estimate of drug-likeness (QED) is 0.370. The Labute approximate surface area is 183 Å². The lowest BCUT2D eigenvalue weighted by Gasteiger charge is -2.13. The molecule has 1 heterocycles. The number of nitrogens with one attached hydrogen (secondary N) is 2. The molecular formula is C19H20N4O4S3. The molecule has 1 aromatic heterocycles. The van der Waals surface area contributed by atoms with Gasteiger partial charge in [0.05, 0.1) is 18.0 Å². The van der Waals surface area contributed by atoms with E-state index in [-0.39, 0.29) is 4.90 Å². The Morgan fingerprint density at radius 3 is 2.50 bits per heavy atom. The standard InChI is InChI=1S/C19H20N4O4S3/c1-13(23-30(25,26)16-10-8-15(27-2)9-11-16)17(24)20-18-21-22-19(29-18)28-12-14-6-4-3-5-7-14/h3-11,13,23H,12H2,1-2H3,(H,20,21,24)/t13-/m0/s1. The minimum atomic E-state index is -3.86. The molecule has 0 aliphatic carbocycles. The first-order valence-electron chi connectivity index (χ1n) is 8.85. The molecule has 3 rings (SSSR count). The van der Waals surface area contributed by atoms with E-state index in [0.29, 0.717) is 15.2 Å². The van der Waals surface area contributed by atoms with Crippen molar-refractivity contribution in [1.82, 2.24) is 14.9 Å². The Morgan fingerprint density at radius 1 is 1.13 bits per heavy atom. The average Bonchev–Trinajstić information content (AvgIpc) is 3.20. The molecule has 1 amide bonds. The molecule has 3 aromatic rings. The van der Waals surface area contributed by atoms with Gasteiger partial charge in [0.2, 0.25) is 21.1 Å². The average molecular weight is 465 g/mol. The molecular weight excluding hydrogens is 444 g/mol. The van der Waals surface area contributed by atoms with E-state index in [2.05, 4.69) is 20.2 Å². The highest BCUT2D eigenvalue weighted by molar-refractivity contribution is 8.00. The molecule has 0 radical (unpaired) electrons. The van der Waals surface area contributed by atoms with Crippen molar-refractivity contribution in [3.8, 4) is 5.75 Å². The fraction of sp³-hybridized carbons (Fsp3) is 0.211. The number of aromatic nitrogens is 2. The van der Waals surface area contributed by atoms with E-state index in [9.17, 15) is 13.2 Å². The topological polar surface area (TPSA) is 110 Å². The van der Waals surface area contributed by atoms with Crippen LogP contribution in [0.4, 0.5) is 5.13 Å². The lowest BCUT2D eigenvalue weighted by Crippen LogP contribution is -2.41. The number of hydrogen-bond donors (Lipinski definition) is 2. The van der Waals surface area contributed by atoms with Crippen LogP contribution in [0.2, 0.25) is 0 Å². The second-order valence-electron chi connectivity index (χ2n) is 6.16. The van der Waals surface area contributed by atoms with Crippen molar-refractivity contribution >= 4 is 44.2 Å². The summed E-state index contributed by atoms with van der Waals surface area (Å²) in [5.74, 6) is 0.751. The Morgan fingerprint density at radius 2 is 1.83 bits per heavy atom. The highest BCUT2D eigenvalue weighted by atomic mass is 32.2. The van der Waals surface area contributed by atoms with Gasteiger partial charge in [-0.2, -0.15) is 4.72 Å². The van der Waals surface area contributed by atoms with Crippen LogP contribution >= 0.6 is 23.1 Å². The summed E-state index contributed by atoms with van der Waals surface area (Å²) in [6.07, 6.45) is 0. The van der Waals surface area contributed by atoms with E-state index in [1.165, 1.54) is 61.4 Å². The molecule has 8 nitrogen and oxygen atoms in total. The summed E-state index contributed by atoms with van der Waals surface area (Å²) in [7, 11) is -2.37. The molecule has 0 aliphatic heterocycles. The molecule has 0 saturated carbocycles. The van der Waals surface area contributed by atoms with Gasteiger partial charge in [-0.15, -0.1) is 10.2 Å². The Balaban J connectivity index is 1.55.